The van der Waals surface area contributed by atoms with E-state index in [1.54, 1.807) is 24.3 Å². The standard InChI is InChI=1S/C31H47NO4/c1-4-5-6-7-8-9-10-11-12-13-14-15-16-21-36-30(35)25-17-19-26(20-18-25)32-24-27-28(33)22-31(2,3)23-29(27)34/h17-20,24,33H,4-16,21-23H2,1-3H3. The van der Waals surface area contributed by atoms with Crippen LogP contribution in [0.15, 0.2) is 40.6 Å². The molecule has 1 aromatic rings. The summed E-state index contributed by atoms with van der Waals surface area (Å²) in [4.78, 5) is 28.9. The average Bonchev–Trinajstić information content (AvgIpc) is 2.83. The van der Waals surface area contributed by atoms with E-state index in [2.05, 4.69) is 11.9 Å². The number of carbonyl (C=O) groups is 2. The Hall–Kier alpha value is -2.43. The number of hydrogen-bond acceptors (Lipinski definition) is 5. The van der Waals surface area contributed by atoms with Crippen molar-refractivity contribution in [1.29, 1.82) is 0 Å². The van der Waals surface area contributed by atoms with Crippen molar-refractivity contribution in [1.82, 2.24) is 0 Å². The van der Waals surface area contributed by atoms with Gasteiger partial charge in [0.1, 0.15) is 5.76 Å². The molecule has 200 valence electrons. The number of hydrogen-bond donors (Lipinski definition) is 1. The SMILES string of the molecule is CCCCCCCCCCCCCCCOC(=O)c1ccc(N=CC2=C(O)CC(C)(C)CC2=O)cc1. The van der Waals surface area contributed by atoms with Crippen molar-refractivity contribution in [2.24, 2.45) is 10.4 Å². The van der Waals surface area contributed by atoms with Crippen molar-refractivity contribution in [2.45, 2.75) is 117 Å². The molecule has 0 atom stereocenters. The van der Waals surface area contributed by atoms with Gasteiger partial charge in [0, 0.05) is 19.1 Å². The molecule has 0 spiro atoms. The normalized spacial score (nSPS) is 15.6. The number of rotatable bonds is 17. The molecule has 1 aliphatic rings. The lowest BCUT2D eigenvalue weighted by molar-refractivity contribution is -0.117. The molecule has 0 saturated heterocycles. The van der Waals surface area contributed by atoms with E-state index < -0.39 is 0 Å². The lowest BCUT2D eigenvalue weighted by Crippen LogP contribution is -2.26. The summed E-state index contributed by atoms with van der Waals surface area (Å²) in [5.74, 6) is -0.330. The summed E-state index contributed by atoms with van der Waals surface area (Å²) in [6.45, 7) is 6.64. The van der Waals surface area contributed by atoms with Crippen LogP contribution in [0.5, 0.6) is 0 Å². The Morgan fingerprint density at radius 3 is 1.94 bits per heavy atom. The highest BCUT2D eigenvalue weighted by Crippen LogP contribution is 2.35. The van der Waals surface area contributed by atoms with E-state index in [4.69, 9.17) is 4.74 Å². The smallest absolute Gasteiger partial charge is 0.338 e. The molecular weight excluding hydrogens is 450 g/mol. The number of carbonyl (C=O) groups excluding carboxylic acids is 2. The van der Waals surface area contributed by atoms with Crippen molar-refractivity contribution in [2.75, 3.05) is 6.61 Å². The number of allylic oxidation sites excluding steroid dienone is 2. The molecule has 0 heterocycles. The third-order valence-corrected chi connectivity index (χ3v) is 6.82. The molecule has 0 amide bonds. The van der Waals surface area contributed by atoms with Crippen LogP contribution < -0.4 is 0 Å². The molecule has 5 heteroatoms. The molecular formula is C31H47NO4. The minimum atomic E-state index is -0.325. The molecule has 0 unspecified atom stereocenters. The average molecular weight is 498 g/mol. The molecule has 1 aromatic carbocycles. The number of Topliss-reactive ketones (excluding diaryl/α,β-unsaturated/α-hetero) is 1. The van der Waals surface area contributed by atoms with Gasteiger partial charge in [-0.1, -0.05) is 97.8 Å². The number of ketones is 1. The molecule has 1 N–H and O–H groups in total. The van der Waals surface area contributed by atoms with E-state index >= 15 is 0 Å². The Morgan fingerprint density at radius 1 is 0.889 bits per heavy atom. The number of benzene rings is 1. The van der Waals surface area contributed by atoms with Gasteiger partial charge in [-0.3, -0.25) is 9.79 Å². The minimum absolute atomic E-state index is 0.0911. The molecule has 0 aromatic heterocycles. The van der Waals surface area contributed by atoms with E-state index in [-0.39, 0.29) is 28.5 Å². The highest BCUT2D eigenvalue weighted by Gasteiger charge is 2.32. The highest BCUT2D eigenvalue weighted by molar-refractivity contribution is 6.14. The first-order valence-corrected chi connectivity index (χ1v) is 14.1. The van der Waals surface area contributed by atoms with Crippen LogP contribution in [-0.4, -0.2) is 29.7 Å². The van der Waals surface area contributed by atoms with Crippen LogP contribution in [0.1, 0.15) is 127 Å². The molecule has 5 nitrogen and oxygen atoms in total. The molecule has 2 rings (SSSR count). The van der Waals surface area contributed by atoms with Crippen LogP contribution in [-0.2, 0) is 9.53 Å². The number of nitrogens with zero attached hydrogens (tertiary/aromatic N) is 1. The number of esters is 1. The van der Waals surface area contributed by atoms with E-state index in [9.17, 15) is 14.7 Å². The first-order chi connectivity index (χ1) is 17.3. The Kier molecular flexibility index (Phi) is 13.5. The highest BCUT2D eigenvalue weighted by atomic mass is 16.5. The Labute approximate surface area is 218 Å². The van der Waals surface area contributed by atoms with Gasteiger partial charge in [0.25, 0.3) is 0 Å². The van der Waals surface area contributed by atoms with E-state index in [1.165, 1.54) is 76.8 Å². The number of aliphatic hydroxyl groups is 1. The maximum atomic E-state index is 12.3. The second kappa shape index (κ2) is 16.3. The number of aliphatic imine (C=N–C) groups is 1. The van der Waals surface area contributed by atoms with Gasteiger partial charge < -0.3 is 9.84 Å². The van der Waals surface area contributed by atoms with E-state index in [0.29, 0.717) is 30.7 Å². The van der Waals surface area contributed by atoms with Crippen molar-refractivity contribution in [3.05, 3.63) is 41.2 Å². The van der Waals surface area contributed by atoms with Gasteiger partial charge in [0.15, 0.2) is 5.78 Å². The van der Waals surface area contributed by atoms with Crippen LogP contribution in [0.3, 0.4) is 0 Å². The van der Waals surface area contributed by atoms with Gasteiger partial charge in [-0.2, -0.15) is 0 Å². The minimum Gasteiger partial charge on any atom is -0.511 e. The maximum Gasteiger partial charge on any atom is 0.338 e. The van der Waals surface area contributed by atoms with Gasteiger partial charge in [0.05, 0.1) is 23.4 Å². The maximum absolute atomic E-state index is 12.3. The number of aliphatic hydroxyl groups excluding tert-OH is 1. The lowest BCUT2D eigenvalue weighted by Gasteiger charge is -2.28. The van der Waals surface area contributed by atoms with E-state index in [1.807, 2.05) is 13.8 Å². The molecule has 0 bridgehead atoms. The van der Waals surface area contributed by atoms with E-state index in [0.717, 1.165) is 12.8 Å². The largest absolute Gasteiger partial charge is 0.511 e. The van der Waals surface area contributed by atoms with Gasteiger partial charge in [-0.05, 0) is 36.1 Å². The summed E-state index contributed by atoms with van der Waals surface area (Å²) < 4.78 is 5.41. The van der Waals surface area contributed by atoms with Gasteiger partial charge in [0.2, 0.25) is 0 Å². The second-order valence-corrected chi connectivity index (χ2v) is 11.0. The zero-order valence-corrected chi connectivity index (χ0v) is 22.8. The summed E-state index contributed by atoms with van der Waals surface area (Å²) in [5.41, 5.74) is 1.14. The Balaban J connectivity index is 1.58. The van der Waals surface area contributed by atoms with Crippen LogP contribution in [0.25, 0.3) is 0 Å². The second-order valence-electron chi connectivity index (χ2n) is 11.0. The monoisotopic (exact) mass is 497 g/mol. The first kappa shape index (κ1) is 29.8. The predicted molar refractivity (Wildman–Crippen MR) is 148 cm³/mol. The van der Waals surface area contributed by atoms with Crippen LogP contribution in [0.4, 0.5) is 5.69 Å². The topological polar surface area (TPSA) is 76.0 Å². The summed E-state index contributed by atoms with van der Waals surface area (Å²) in [6, 6.07) is 6.79. The summed E-state index contributed by atoms with van der Waals surface area (Å²) >= 11 is 0. The van der Waals surface area contributed by atoms with Crippen LogP contribution in [0, 0.1) is 5.41 Å². The predicted octanol–water partition coefficient (Wildman–Crippen LogP) is 8.84. The fourth-order valence-electron chi connectivity index (χ4n) is 4.64. The molecule has 36 heavy (non-hydrogen) atoms. The lowest BCUT2D eigenvalue weighted by atomic mass is 9.77. The molecule has 0 saturated carbocycles. The molecule has 0 fully saturated rings. The molecule has 0 aliphatic heterocycles. The van der Waals surface area contributed by atoms with Crippen molar-refractivity contribution < 1.29 is 19.4 Å². The fourth-order valence-corrected chi connectivity index (χ4v) is 4.64. The molecule has 0 radical (unpaired) electrons. The van der Waals surface area contributed by atoms with Gasteiger partial charge in [-0.15, -0.1) is 0 Å². The zero-order chi connectivity index (χ0) is 26.2. The molecule has 1 aliphatic carbocycles. The van der Waals surface area contributed by atoms with Crippen molar-refractivity contribution in [3.8, 4) is 0 Å². The third kappa shape index (κ3) is 11.5. The first-order valence-electron chi connectivity index (χ1n) is 14.1. The Morgan fingerprint density at radius 2 is 1.42 bits per heavy atom. The quantitative estimate of drug-likeness (QED) is 0.132. The fraction of sp³-hybridized carbons (Fsp3) is 0.645. The number of unbranched alkanes of at least 4 members (excludes halogenated alkanes) is 12. The zero-order valence-electron chi connectivity index (χ0n) is 22.8. The Bertz CT molecular complexity index is 867. The number of ether oxygens (including phenoxy) is 1. The van der Waals surface area contributed by atoms with Crippen LogP contribution >= 0.6 is 0 Å². The summed E-state index contributed by atoms with van der Waals surface area (Å²) in [5, 5.41) is 10.2. The van der Waals surface area contributed by atoms with Crippen LogP contribution in [0.2, 0.25) is 0 Å². The van der Waals surface area contributed by atoms with Gasteiger partial charge >= 0.3 is 5.97 Å². The van der Waals surface area contributed by atoms with Crippen molar-refractivity contribution in [3.63, 3.8) is 0 Å². The van der Waals surface area contributed by atoms with Gasteiger partial charge in [-0.25, -0.2) is 4.79 Å². The summed E-state index contributed by atoms with van der Waals surface area (Å²) in [7, 11) is 0. The third-order valence-electron chi connectivity index (χ3n) is 6.82. The van der Waals surface area contributed by atoms with Crippen molar-refractivity contribution >= 4 is 23.7 Å². The summed E-state index contributed by atoms with van der Waals surface area (Å²) in [6.07, 6.45) is 19.0.